The number of nitrogens with zero attached hydrogens (tertiary/aromatic N) is 5. The molecule has 8 heteroatoms. The number of rotatable bonds is 5. The van der Waals surface area contributed by atoms with E-state index in [4.69, 9.17) is 10.2 Å². The molecule has 5 aromatic rings. The van der Waals surface area contributed by atoms with Crippen molar-refractivity contribution in [1.82, 2.24) is 24.5 Å². The summed E-state index contributed by atoms with van der Waals surface area (Å²) in [6.45, 7) is 2.77. The van der Waals surface area contributed by atoms with Crippen molar-refractivity contribution >= 4 is 34.0 Å². The molecule has 0 aliphatic rings. The van der Waals surface area contributed by atoms with Gasteiger partial charge in [0, 0.05) is 41.6 Å². The minimum atomic E-state index is 0.505. The van der Waals surface area contributed by atoms with Gasteiger partial charge in [-0.15, -0.1) is 11.3 Å². The predicted octanol–water partition coefficient (Wildman–Crippen LogP) is 4.85. The van der Waals surface area contributed by atoms with Crippen LogP contribution in [0.15, 0.2) is 60.4 Å². The van der Waals surface area contributed by atoms with E-state index in [1.807, 2.05) is 55.2 Å². The number of hydrogen-bond donors (Lipinski definition) is 2. The van der Waals surface area contributed by atoms with Crippen molar-refractivity contribution in [2.45, 2.75) is 13.5 Å². The maximum atomic E-state index is 9.14. The number of imidazole rings is 1. The molecule has 7 nitrogen and oxygen atoms in total. The maximum Gasteiger partial charge on any atom is 0.229 e. The molecule has 4 heterocycles. The van der Waals surface area contributed by atoms with E-state index < -0.39 is 0 Å². The largest absolute Gasteiger partial charge is 0.346 e. The van der Waals surface area contributed by atoms with Gasteiger partial charge in [0.2, 0.25) is 5.95 Å². The van der Waals surface area contributed by atoms with Crippen LogP contribution in [0.4, 0.5) is 11.6 Å². The van der Waals surface area contributed by atoms with Crippen LogP contribution in [0.1, 0.15) is 17.0 Å². The summed E-state index contributed by atoms with van der Waals surface area (Å²) >= 11 is 1.50. The Balaban J connectivity index is 1.43. The van der Waals surface area contributed by atoms with Crippen LogP contribution in [0.25, 0.3) is 21.6 Å². The molecule has 1 aromatic carbocycles. The van der Waals surface area contributed by atoms with E-state index >= 15 is 0 Å². The van der Waals surface area contributed by atoms with Crippen LogP contribution < -0.4 is 5.32 Å². The van der Waals surface area contributed by atoms with Crippen molar-refractivity contribution in [2.24, 2.45) is 0 Å². The van der Waals surface area contributed by atoms with Crippen LogP contribution in [0.3, 0.4) is 0 Å². The van der Waals surface area contributed by atoms with E-state index in [0.29, 0.717) is 11.5 Å². The fourth-order valence-electron chi connectivity index (χ4n) is 3.29. The minimum absolute atomic E-state index is 0.505. The zero-order valence-electron chi connectivity index (χ0n) is 16.1. The van der Waals surface area contributed by atoms with Gasteiger partial charge in [-0.05, 0) is 36.8 Å². The van der Waals surface area contributed by atoms with Crippen molar-refractivity contribution in [3.8, 4) is 16.6 Å². The average molecular weight is 411 g/mol. The molecular formula is C22H17N7S. The Morgan fingerprint density at radius 3 is 2.80 bits per heavy atom. The molecule has 0 amide bonds. The van der Waals surface area contributed by atoms with Gasteiger partial charge in [-0.2, -0.15) is 10.2 Å². The number of thiophene rings is 1. The van der Waals surface area contributed by atoms with Gasteiger partial charge in [0.15, 0.2) is 0 Å². The van der Waals surface area contributed by atoms with E-state index in [1.54, 1.807) is 0 Å². The van der Waals surface area contributed by atoms with E-state index in [2.05, 4.69) is 43.0 Å². The van der Waals surface area contributed by atoms with Gasteiger partial charge in [0.05, 0.1) is 16.1 Å². The molecule has 0 fully saturated rings. The van der Waals surface area contributed by atoms with Gasteiger partial charge in [0.1, 0.15) is 17.5 Å². The van der Waals surface area contributed by atoms with E-state index in [1.165, 1.54) is 16.9 Å². The fourth-order valence-corrected chi connectivity index (χ4v) is 4.13. The molecule has 0 saturated carbocycles. The standard InChI is InChI=1S/C22H17N7S/c1-14-24-8-9-29(14)12-15-2-4-17(5-3-15)26-22-27-20(18-6-7-25-21(18)28-22)19-10-16(11-23)13-30-19/h2-10,13H,12H2,1H3,(H2,25,26,27,28). The van der Waals surface area contributed by atoms with Crippen LogP contribution in [0.5, 0.6) is 0 Å². The first kappa shape index (κ1) is 18.1. The molecule has 0 atom stereocenters. The van der Waals surface area contributed by atoms with E-state index in [-0.39, 0.29) is 0 Å². The Morgan fingerprint density at radius 2 is 2.07 bits per heavy atom. The molecule has 30 heavy (non-hydrogen) atoms. The van der Waals surface area contributed by atoms with Crippen LogP contribution >= 0.6 is 11.3 Å². The number of anilines is 2. The number of H-pyrrole nitrogens is 1. The summed E-state index contributed by atoms with van der Waals surface area (Å²) in [5, 5.41) is 15.2. The van der Waals surface area contributed by atoms with Gasteiger partial charge in [-0.3, -0.25) is 0 Å². The summed E-state index contributed by atoms with van der Waals surface area (Å²) in [4.78, 5) is 17.7. The van der Waals surface area contributed by atoms with Crippen LogP contribution in [-0.4, -0.2) is 24.5 Å². The predicted molar refractivity (Wildman–Crippen MR) is 118 cm³/mol. The first-order chi connectivity index (χ1) is 14.7. The third kappa shape index (κ3) is 3.43. The third-order valence-corrected chi connectivity index (χ3v) is 5.80. The summed E-state index contributed by atoms with van der Waals surface area (Å²) in [6, 6.07) is 14.2. The zero-order valence-corrected chi connectivity index (χ0v) is 16.9. The van der Waals surface area contributed by atoms with Crippen molar-refractivity contribution in [2.75, 3.05) is 5.32 Å². The second-order valence-electron chi connectivity index (χ2n) is 6.87. The highest BCUT2D eigenvalue weighted by atomic mass is 32.1. The number of aromatic nitrogens is 5. The second kappa shape index (κ2) is 7.46. The molecule has 0 unspecified atom stereocenters. The van der Waals surface area contributed by atoms with Gasteiger partial charge >= 0.3 is 0 Å². The smallest absolute Gasteiger partial charge is 0.229 e. The van der Waals surface area contributed by atoms with Crippen LogP contribution in [0.2, 0.25) is 0 Å². The van der Waals surface area contributed by atoms with Crippen LogP contribution in [-0.2, 0) is 6.54 Å². The first-order valence-electron chi connectivity index (χ1n) is 9.37. The molecule has 0 saturated heterocycles. The Kier molecular flexibility index (Phi) is 4.50. The monoisotopic (exact) mass is 411 g/mol. The van der Waals surface area contributed by atoms with Gasteiger partial charge in [0.25, 0.3) is 0 Å². The lowest BCUT2D eigenvalue weighted by Gasteiger charge is -2.09. The molecular weight excluding hydrogens is 394 g/mol. The number of nitriles is 1. The number of nitrogens with one attached hydrogen (secondary N) is 2. The molecule has 0 bridgehead atoms. The van der Waals surface area contributed by atoms with Gasteiger partial charge in [-0.1, -0.05) is 12.1 Å². The highest BCUT2D eigenvalue weighted by Gasteiger charge is 2.13. The summed E-state index contributed by atoms with van der Waals surface area (Å²) in [7, 11) is 0. The molecule has 0 radical (unpaired) electrons. The van der Waals surface area contributed by atoms with Gasteiger partial charge in [-0.25, -0.2) is 9.97 Å². The van der Waals surface area contributed by atoms with Crippen molar-refractivity contribution in [1.29, 1.82) is 5.26 Å². The normalized spacial score (nSPS) is 10.9. The molecule has 0 aliphatic carbocycles. The summed E-state index contributed by atoms with van der Waals surface area (Å²) < 4.78 is 2.10. The Morgan fingerprint density at radius 1 is 1.20 bits per heavy atom. The molecule has 0 spiro atoms. The minimum Gasteiger partial charge on any atom is -0.346 e. The second-order valence-corrected chi connectivity index (χ2v) is 7.78. The van der Waals surface area contributed by atoms with E-state index in [0.717, 1.165) is 39.7 Å². The van der Waals surface area contributed by atoms with Crippen molar-refractivity contribution in [3.05, 3.63) is 77.3 Å². The molecule has 146 valence electrons. The number of hydrogen-bond acceptors (Lipinski definition) is 6. The Bertz CT molecular complexity index is 1370. The highest BCUT2D eigenvalue weighted by Crippen LogP contribution is 2.32. The molecule has 4 aromatic heterocycles. The topological polar surface area (TPSA) is 95.2 Å². The number of aryl methyl sites for hydroxylation is 1. The van der Waals surface area contributed by atoms with Crippen molar-refractivity contribution in [3.63, 3.8) is 0 Å². The number of aromatic amines is 1. The molecule has 2 N–H and O–H groups in total. The third-order valence-electron chi connectivity index (χ3n) is 4.86. The lowest BCUT2D eigenvalue weighted by Crippen LogP contribution is -2.02. The fraction of sp³-hybridized carbons (Fsp3) is 0.0909. The van der Waals surface area contributed by atoms with E-state index in [9.17, 15) is 0 Å². The maximum absolute atomic E-state index is 9.14. The SMILES string of the molecule is Cc1nccn1Cc1ccc(Nc2nc(-c3cc(C#N)cs3)c3cc[nH]c3n2)cc1. The van der Waals surface area contributed by atoms with Crippen molar-refractivity contribution < 1.29 is 0 Å². The lowest BCUT2D eigenvalue weighted by molar-refractivity contribution is 0.762. The molecule has 0 aliphatic heterocycles. The average Bonchev–Trinajstić information content (AvgIpc) is 3.50. The van der Waals surface area contributed by atoms with Gasteiger partial charge < -0.3 is 14.9 Å². The lowest BCUT2D eigenvalue weighted by atomic mass is 10.2. The summed E-state index contributed by atoms with van der Waals surface area (Å²) in [6.07, 6.45) is 5.63. The number of fused-ring (bicyclic) bond motifs is 1. The Labute approximate surface area is 176 Å². The summed E-state index contributed by atoms with van der Waals surface area (Å²) in [5.41, 5.74) is 4.28. The zero-order chi connectivity index (χ0) is 20.5. The first-order valence-corrected chi connectivity index (χ1v) is 10.3. The Hall–Kier alpha value is -3.96. The highest BCUT2D eigenvalue weighted by molar-refractivity contribution is 7.13. The number of benzene rings is 1. The molecule has 5 rings (SSSR count). The summed E-state index contributed by atoms with van der Waals surface area (Å²) in [5.74, 6) is 1.50. The quantitative estimate of drug-likeness (QED) is 0.431. The van der Waals surface area contributed by atoms with Crippen LogP contribution in [0, 0.1) is 18.3 Å².